The van der Waals surface area contributed by atoms with Gasteiger partial charge in [-0.3, -0.25) is 9.55 Å². The van der Waals surface area contributed by atoms with Crippen molar-refractivity contribution in [3.8, 4) is 5.82 Å². The smallest absolute Gasteiger partial charge is 0.137 e. The van der Waals surface area contributed by atoms with Gasteiger partial charge >= 0.3 is 0 Å². The summed E-state index contributed by atoms with van der Waals surface area (Å²) in [5, 5.41) is 2.32. The predicted molar refractivity (Wildman–Crippen MR) is 76.4 cm³/mol. The van der Waals surface area contributed by atoms with E-state index in [0.29, 0.717) is 0 Å². The van der Waals surface area contributed by atoms with Crippen LogP contribution in [0, 0.1) is 0 Å². The number of aromatic nitrogens is 3. The highest BCUT2D eigenvalue weighted by Gasteiger charge is 2.04. The maximum atomic E-state index is 4.70. The molecule has 0 amide bonds. The Morgan fingerprint density at radius 2 is 1.79 bits per heavy atom. The number of hydrogen-bond acceptors (Lipinski definition) is 2. The summed E-state index contributed by atoms with van der Waals surface area (Å²) in [4.78, 5) is 8.89. The molecule has 0 atom stereocenters. The molecule has 1 aromatic carbocycles. The zero-order chi connectivity index (χ0) is 12.7. The fourth-order valence-corrected chi connectivity index (χ4v) is 2.36. The maximum Gasteiger partial charge on any atom is 0.137 e. The van der Waals surface area contributed by atoms with Crippen LogP contribution in [0.5, 0.6) is 0 Å². The number of benzene rings is 1. The van der Waals surface area contributed by atoms with E-state index in [1.165, 1.54) is 5.39 Å². The third-order valence-electron chi connectivity index (χ3n) is 3.33. The van der Waals surface area contributed by atoms with Gasteiger partial charge < -0.3 is 0 Å². The third kappa shape index (κ3) is 1.59. The molecule has 0 aliphatic rings. The zero-order valence-electron chi connectivity index (χ0n) is 10.2. The molecule has 0 radical (unpaired) electrons. The van der Waals surface area contributed by atoms with Crippen LogP contribution in [0.3, 0.4) is 0 Å². The Kier molecular flexibility index (Phi) is 2.12. The topological polar surface area (TPSA) is 30.7 Å². The van der Waals surface area contributed by atoms with E-state index >= 15 is 0 Å². The van der Waals surface area contributed by atoms with Crippen molar-refractivity contribution in [3.63, 3.8) is 0 Å². The van der Waals surface area contributed by atoms with Gasteiger partial charge in [-0.05, 0) is 30.3 Å². The summed E-state index contributed by atoms with van der Waals surface area (Å²) in [5.41, 5.74) is 2.08. The molecule has 90 valence electrons. The largest absolute Gasteiger partial charge is 0.300 e. The van der Waals surface area contributed by atoms with Crippen LogP contribution in [0.1, 0.15) is 0 Å². The van der Waals surface area contributed by atoms with Gasteiger partial charge in [0.05, 0.1) is 17.2 Å². The van der Waals surface area contributed by atoms with Gasteiger partial charge in [0.2, 0.25) is 0 Å². The Morgan fingerprint density at radius 1 is 0.842 bits per heavy atom. The van der Waals surface area contributed by atoms with E-state index in [1.54, 1.807) is 6.20 Å². The van der Waals surface area contributed by atoms with E-state index in [2.05, 4.69) is 27.8 Å². The predicted octanol–water partition coefficient (Wildman–Crippen LogP) is 3.57. The Balaban J connectivity index is 1.99. The highest BCUT2D eigenvalue weighted by atomic mass is 15.1. The van der Waals surface area contributed by atoms with Gasteiger partial charge in [-0.15, -0.1) is 0 Å². The lowest BCUT2D eigenvalue weighted by molar-refractivity contribution is 1.06. The summed E-state index contributed by atoms with van der Waals surface area (Å²) >= 11 is 0. The van der Waals surface area contributed by atoms with Gasteiger partial charge in [-0.25, -0.2) is 4.98 Å². The molecule has 0 N–H and O–H groups in total. The molecule has 3 nitrogen and oxygen atoms in total. The molecular formula is C16H11N3. The Morgan fingerprint density at radius 3 is 2.79 bits per heavy atom. The van der Waals surface area contributed by atoms with Crippen LogP contribution in [0.15, 0.2) is 67.1 Å². The van der Waals surface area contributed by atoms with Crippen LogP contribution in [-0.4, -0.2) is 14.5 Å². The van der Waals surface area contributed by atoms with Crippen molar-refractivity contribution in [2.45, 2.75) is 0 Å². The molecule has 0 bridgehead atoms. The number of nitrogens with zero attached hydrogens (tertiary/aromatic N) is 3. The first-order valence-electron chi connectivity index (χ1n) is 6.19. The van der Waals surface area contributed by atoms with E-state index in [0.717, 1.165) is 22.2 Å². The van der Waals surface area contributed by atoms with Crippen molar-refractivity contribution >= 4 is 21.8 Å². The monoisotopic (exact) mass is 245 g/mol. The van der Waals surface area contributed by atoms with Crippen LogP contribution >= 0.6 is 0 Å². The van der Waals surface area contributed by atoms with Crippen LogP contribution in [0.2, 0.25) is 0 Å². The number of hydrogen-bond donors (Lipinski definition) is 0. The summed E-state index contributed by atoms with van der Waals surface area (Å²) in [5.74, 6) is 0.918. The van der Waals surface area contributed by atoms with Crippen molar-refractivity contribution in [2.24, 2.45) is 0 Å². The second-order valence-electron chi connectivity index (χ2n) is 4.48. The molecule has 0 fully saturated rings. The van der Waals surface area contributed by atoms with Crippen molar-refractivity contribution < 1.29 is 0 Å². The minimum absolute atomic E-state index is 0.918. The molecule has 4 aromatic rings. The van der Waals surface area contributed by atoms with Crippen molar-refractivity contribution in [1.82, 2.24) is 14.5 Å². The first-order valence-corrected chi connectivity index (χ1v) is 6.19. The lowest BCUT2D eigenvalue weighted by Crippen LogP contribution is -1.95. The first kappa shape index (κ1) is 10.3. The molecule has 0 aliphatic heterocycles. The summed E-state index contributed by atoms with van der Waals surface area (Å²) in [6, 6.07) is 16.4. The molecule has 0 unspecified atom stereocenters. The molecule has 0 spiro atoms. The fourth-order valence-electron chi connectivity index (χ4n) is 2.36. The Hall–Kier alpha value is -2.68. The van der Waals surface area contributed by atoms with Gasteiger partial charge in [0, 0.05) is 23.2 Å². The molecule has 3 heterocycles. The van der Waals surface area contributed by atoms with E-state index in [-0.39, 0.29) is 0 Å². The minimum Gasteiger partial charge on any atom is -0.300 e. The van der Waals surface area contributed by atoms with Crippen molar-refractivity contribution in [1.29, 1.82) is 0 Å². The number of rotatable bonds is 1. The lowest BCUT2D eigenvalue weighted by Gasteiger charge is -2.05. The van der Waals surface area contributed by atoms with E-state index in [4.69, 9.17) is 4.98 Å². The number of para-hydroxylation sites is 1. The SMILES string of the molecule is c1ccc2nc(-n3ccc4ccncc43)ccc2c1. The quantitative estimate of drug-likeness (QED) is 0.513. The number of pyridine rings is 2. The summed E-state index contributed by atoms with van der Waals surface area (Å²) in [6.45, 7) is 0. The standard InChI is InChI=1S/C16H11N3/c1-2-4-14-12(3-1)5-6-16(18-14)19-10-8-13-7-9-17-11-15(13)19/h1-11H. The maximum absolute atomic E-state index is 4.70. The van der Waals surface area contributed by atoms with Crippen LogP contribution in [0.4, 0.5) is 0 Å². The second-order valence-corrected chi connectivity index (χ2v) is 4.48. The molecule has 19 heavy (non-hydrogen) atoms. The molecule has 3 heteroatoms. The van der Waals surface area contributed by atoms with Crippen molar-refractivity contribution in [3.05, 3.63) is 67.1 Å². The molecule has 3 aromatic heterocycles. The molecule has 0 saturated heterocycles. The summed E-state index contributed by atoms with van der Waals surface area (Å²) in [6.07, 6.45) is 5.70. The minimum atomic E-state index is 0.918. The molecule has 0 saturated carbocycles. The third-order valence-corrected chi connectivity index (χ3v) is 3.33. The Labute approximate surface area is 110 Å². The van der Waals surface area contributed by atoms with Crippen LogP contribution in [0.25, 0.3) is 27.6 Å². The number of fused-ring (bicyclic) bond motifs is 2. The van der Waals surface area contributed by atoms with Gasteiger partial charge in [0.1, 0.15) is 5.82 Å². The average Bonchev–Trinajstić information content (AvgIpc) is 2.91. The zero-order valence-corrected chi connectivity index (χ0v) is 10.2. The molecule has 0 aliphatic carbocycles. The second kappa shape index (κ2) is 3.92. The van der Waals surface area contributed by atoms with Gasteiger partial charge in [-0.2, -0.15) is 0 Å². The first-order chi connectivity index (χ1) is 9.42. The van der Waals surface area contributed by atoms with Crippen molar-refractivity contribution in [2.75, 3.05) is 0 Å². The van der Waals surface area contributed by atoms with E-state index in [1.807, 2.05) is 42.7 Å². The normalized spacial score (nSPS) is 11.2. The van der Waals surface area contributed by atoms with Crippen LogP contribution < -0.4 is 0 Å². The summed E-state index contributed by atoms with van der Waals surface area (Å²) < 4.78 is 2.06. The van der Waals surface area contributed by atoms with Gasteiger partial charge in [0.15, 0.2) is 0 Å². The fraction of sp³-hybridized carbons (Fsp3) is 0. The molecule has 4 rings (SSSR count). The Bertz CT molecular complexity index is 877. The highest BCUT2D eigenvalue weighted by Crippen LogP contribution is 2.20. The summed E-state index contributed by atoms with van der Waals surface area (Å²) in [7, 11) is 0. The highest BCUT2D eigenvalue weighted by molar-refractivity contribution is 5.82. The van der Waals surface area contributed by atoms with Gasteiger partial charge in [-0.1, -0.05) is 18.2 Å². The van der Waals surface area contributed by atoms with E-state index in [9.17, 15) is 0 Å². The average molecular weight is 245 g/mol. The lowest BCUT2D eigenvalue weighted by atomic mass is 10.2. The van der Waals surface area contributed by atoms with Crippen LogP contribution in [-0.2, 0) is 0 Å². The van der Waals surface area contributed by atoms with Gasteiger partial charge in [0.25, 0.3) is 0 Å². The van der Waals surface area contributed by atoms with E-state index < -0.39 is 0 Å². The molecular weight excluding hydrogens is 234 g/mol.